The molecule has 4 aromatic rings. The van der Waals surface area contributed by atoms with E-state index in [0.717, 1.165) is 33.2 Å². The van der Waals surface area contributed by atoms with Crippen molar-refractivity contribution in [2.45, 2.75) is 20.8 Å². The van der Waals surface area contributed by atoms with Crippen molar-refractivity contribution >= 4 is 28.5 Å². The van der Waals surface area contributed by atoms with Gasteiger partial charge >= 0.3 is 5.97 Å². The van der Waals surface area contributed by atoms with Crippen molar-refractivity contribution in [1.29, 1.82) is 0 Å². The molecule has 0 saturated heterocycles. The Labute approximate surface area is 186 Å². The van der Waals surface area contributed by atoms with E-state index in [2.05, 4.69) is 6.07 Å². The van der Waals surface area contributed by atoms with Crippen LogP contribution < -0.4 is 9.47 Å². The first-order chi connectivity index (χ1) is 14.9. The summed E-state index contributed by atoms with van der Waals surface area (Å²) in [6, 6.07) is 18.5. The van der Waals surface area contributed by atoms with Crippen molar-refractivity contribution in [1.82, 2.24) is 4.98 Å². The minimum absolute atomic E-state index is 0.427. The molecule has 5 heteroatoms. The van der Waals surface area contributed by atoms with Gasteiger partial charge in [-0.1, -0.05) is 35.4 Å². The zero-order chi connectivity index (χ0) is 22.1. The van der Waals surface area contributed by atoms with Gasteiger partial charge in [0.25, 0.3) is 0 Å². The lowest BCUT2D eigenvalue weighted by molar-refractivity contribution is 0.0736. The number of hydrogen-bond donors (Lipinski definition) is 0. The van der Waals surface area contributed by atoms with Crippen LogP contribution in [0.3, 0.4) is 0 Å². The number of aryl methyl sites for hydroxylation is 2. The van der Waals surface area contributed by atoms with Crippen LogP contribution in [0.4, 0.5) is 0 Å². The second-order valence-electron chi connectivity index (χ2n) is 7.51. The van der Waals surface area contributed by atoms with E-state index in [1.165, 1.54) is 0 Å². The Balaban J connectivity index is 1.91. The number of pyridine rings is 1. The summed E-state index contributed by atoms with van der Waals surface area (Å²) >= 11 is 6.22. The fourth-order valence-corrected chi connectivity index (χ4v) is 3.99. The van der Waals surface area contributed by atoms with Gasteiger partial charge in [0.2, 0.25) is 0 Å². The van der Waals surface area contributed by atoms with E-state index in [0.29, 0.717) is 27.8 Å². The fourth-order valence-electron chi connectivity index (χ4n) is 3.80. The maximum atomic E-state index is 13.4. The molecule has 0 unspecified atom stereocenters. The number of esters is 1. The molecule has 0 saturated carbocycles. The van der Waals surface area contributed by atoms with Gasteiger partial charge in [-0.2, -0.15) is 0 Å². The van der Waals surface area contributed by atoms with Crippen LogP contribution in [0, 0.1) is 20.8 Å². The smallest absolute Gasteiger partial charge is 0.344 e. The second-order valence-corrected chi connectivity index (χ2v) is 7.95. The van der Waals surface area contributed by atoms with Gasteiger partial charge in [-0.15, -0.1) is 0 Å². The Morgan fingerprint density at radius 3 is 2.32 bits per heavy atom. The number of methoxy groups -OCH3 is 1. The van der Waals surface area contributed by atoms with Gasteiger partial charge in [-0.3, -0.25) is 0 Å². The first-order valence-corrected chi connectivity index (χ1v) is 10.3. The van der Waals surface area contributed by atoms with Gasteiger partial charge in [-0.25, -0.2) is 9.78 Å². The van der Waals surface area contributed by atoms with E-state index < -0.39 is 5.97 Å². The van der Waals surface area contributed by atoms with Gasteiger partial charge in [0.15, 0.2) is 0 Å². The van der Waals surface area contributed by atoms with Crippen molar-refractivity contribution in [2.75, 3.05) is 7.11 Å². The quantitative estimate of drug-likeness (QED) is 0.266. The third-order valence-corrected chi connectivity index (χ3v) is 5.48. The summed E-state index contributed by atoms with van der Waals surface area (Å²) in [5.41, 5.74) is 5.64. The third-order valence-electron chi connectivity index (χ3n) is 5.24. The summed E-state index contributed by atoms with van der Waals surface area (Å²) in [5, 5.41) is 1.39. The van der Waals surface area contributed by atoms with Crippen molar-refractivity contribution in [3.05, 3.63) is 87.9 Å². The van der Waals surface area contributed by atoms with Crippen LogP contribution >= 0.6 is 11.6 Å². The lowest BCUT2D eigenvalue weighted by Gasteiger charge is -2.16. The average molecular weight is 432 g/mol. The van der Waals surface area contributed by atoms with Crippen molar-refractivity contribution in [2.24, 2.45) is 0 Å². The van der Waals surface area contributed by atoms with Gasteiger partial charge in [0, 0.05) is 16.0 Å². The van der Waals surface area contributed by atoms with Crippen LogP contribution in [0.5, 0.6) is 11.5 Å². The first-order valence-electron chi connectivity index (χ1n) is 9.91. The minimum atomic E-state index is -0.427. The van der Waals surface area contributed by atoms with Gasteiger partial charge in [-0.05, 0) is 74.4 Å². The van der Waals surface area contributed by atoms with Crippen molar-refractivity contribution < 1.29 is 14.3 Å². The molecule has 156 valence electrons. The van der Waals surface area contributed by atoms with Crippen LogP contribution in [-0.2, 0) is 0 Å². The molecule has 4 rings (SSSR count). The maximum absolute atomic E-state index is 13.4. The highest BCUT2D eigenvalue weighted by atomic mass is 35.5. The molecule has 1 heterocycles. The Hall–Kier alpha value is -3.37. The lowest BCUT2D eigenvalue weighted by Crippen LogP contribution is -2.13. The van der Waals surface area contributed by atoms with Crippen LogP contribution in [0.2, 0.25) is 5.02 Å². The molecule has 4 nitrogen and oxygen atoms in total. The molecule has 0 bridgehead atoms. The second kappa shape index (κ2) is 8.40. The van der Waals surface area contributed by atoms with E-state index in [1.54, 1.807) is 31.4 Å². The topological polar surface area (TPSA) is 48.4 Å². The lowest BCUT2D eigenvalue weighted by atomic mass is 9.95. The number of hydrogen-bond acceptors (Lipinski definition) is 4. The Morgan fingerprint density at radius 1 is 0.935 bits per heavy atom. The number of benzene rings is 3. The molecule has 0 spiro atoms. The molecule has 0 atom stereocenters. The zero-order valence-electron chi connectivity index (χ0n) is 17.8. The summed E-state index contributed by atoms with van der Waals surface area (Å²) in [6.45, 7) is 5.90. The van der Waals surface area contributed by atoms with E-state index in [9.17, 15) is 4.79 Å². The third kappa shape index (κ3) is 4.12. The minimum Gasteiger partial charge on any atom is -0.497 e. The average Bonchev–Trinajstić information content (AvgIpc) is 2.73. The van der Waals surface area contributed by atoms with Crippen LogP contribution in [0.1, 0.15) is 27.0 Å². The summed E-state index contributed by atoms with van der Waals surface area (Å²) in [6.07, 6.45) is 0. The summed E-state index contributed by atoms with van der Waals surface area (Å²) in [7, 11) is 1.59. The van der Waals surface area contributed by atoms with E-state index >= 15 is 0 Å². The first kappa shape index (κ1) is 20.9. The molecule has 0 N–H and O–H groups in total. The Bertz CT molecular complexity index is 1300. The van der Waals surface area contributed by atoms with Crippen LogP contribution in [-0.4, -0.2) is 18.1 Å². The predicted octanol–water partition coefficient (Wildman–Crippen LogP) is 6.71. The molecule has 1 aromatic heterocycles. The van der Waals surface area contributed by atoms with E-state index in [4.69, 9.17) is 26.1 Å². The number of rotatable bonds is 4. The highest BCUT2D eigenvalue weighted by Crippen LogP contribution is 2.33. The number of carbonyl (C=O) groups is 1. The monoisotopic (exact) mass is 431 g/mol. The standard InChI is InChI=1S/C26H22ClNO3/c1-15-12-16(2)24-22(13-15)23(26(29)31-21-10-8-20(30-4)9-11-21)17(3)25(28-24)18-6-5-7-19(27)14-18/h5-14H,1-4H3. The number of carbonyl (C=O) groups excluding carboxylic acids is 1. The molecule has 0 amide bonds. The van der Waals surface area contributed by atoms with Gasteiger partial charge in [0.05, 0.1) is 23.9 Å². The van der Waals surface area contributed by atoms with E-state index in [-0.39, 0.29) is 0 Å². The molecule has 0 aliphatic heterocycles. The predicted molar refractivity (Wildman–Crippen MR) is 124 cm³/mol. The number of fused-ring (bicyclic) bond motifs is 1. The summed E-state index contributed by atoms with van der Waals surface area (Å²) < 4.78 is 10.9. The molecule has 0 radical (unpaired) electrons. The number of halogens is 1. The SMILES string of the molecule is COc1ccc(OC(=O)c2c(C)c(-c3cccc(Cl)c3)nc3c(C)cc(C)cc23)cc1. The number of nitrogens with zero attached hydrogens (tertiary/aromatic N) is 1. The molecule has 3 aromatic carbocycles. The molecular formula is C26H22ClNO3. The molecule has 0 aliphatic rings. The highest BCUT2D eigenvalue weighted by Gasteiger charge is 2.22. The van der Waals surface area contributed by atoms with Gasteiger partial charge in [0.1, 0.15) is 11.5 Å². The van der Waals surface area contributed by atoms with Gasteiger partial charge < -0.3 is 9.47 Å². The van der Waals surface area contributed by atoms with Crippen LogP contribution in [0.25, 0.3) is 22.2 Å². The Morgan fingerprint density at radius 2 is 1.65 bits per heavy atom. The highest BCUT2D eigenvalue weighted by molar-refractivity contribution is 6.30. The maximum Gasteiger partial charge on any atom is 0.344 e. The molecular weight excluding hydrogens is 410 g/mol. The van der Waals surface area contributed by atoms with Crippen molar-refractivity contribution in [3.8, 4) is 22.8 Å². The fraction of sp³-hybridized carbons (Fsp3) is 0.154. The zero-order valence-corrected chi connectivity index (χ0v) is 18.6. The normalized spacial score (nSPS) is 10.9. The van der Waals surface area contributed by atoms with Crippen molar-refractivity contribution in [3.63, 3.8) is 0 Å². The summed E-state index contributed by atoms with van der Waals surface area (Å²) in [4.78, 5) is 18.3. The molecule has 0 aliphatic carbocycles. The Kier molecular flexibility index (Phi) is 5.66. The van der Waals surface area contributed by atoms with Crippen LogP contribution in [0.15, 0.2) is 60.7 Å². The number of ether oxygens (including phenoxy) is 2. The summed E-state index contributed by atoms with van der Waals surface area (Å²) in [5.74, 6) is 0.715. The van der Waals surface area contributed by atoms with E-state index in [1.807, 2.05) is 51.1 Å². The molecule has 0 fully saturated rings. The largest absolute Gasteiger partial charge is 0.497 e. The number of aromatic nitrogens is 1. The molecule has 31 heavy (non-hydrogen) atoms.